The predicted molar refractivity (Wildman–Crippen MR) is 75.8 cm³/mol. The first-order chi connectivity index (χ1) is 7.90. The minimum absolute atomic E-state index is 0. The third-order valence-electron chi connectivity index (χ3n) is 4.02. The van der Waals surface area contributed by atoms with E-state index in [1.165, 1.54) is 32.1 Å². The van der Waals surface area contributed by atoms with Crippen molar-refractivity contribution >= 4 is 11.9 Å². The van der Waals surface area contributed by atoms with Gasteiger partial charge in [0.15, 0.2) is 0 Å². The van der Waals surface area contributed by atoms with Gasteiger partial charge in [-0.3, -0.25) is 0 Å². The Morgan fingerprint density at radius 2 is 1.45 bits per heavy atom. The van der Waals surface area contributed by atoms with E-state index in [1.54, 1.807) is 0 Å². The maximum absolute atomic E-state index is 9.10. The third kappa shape index (κ3) is 5.53. The standard InChI is InChI=1S/C10H17N.C2H2O4.2CH4.Pt/c1-8-4-2-6-10(8)7-3-5-9(10)11;3-1(4)2(5)6;;;/h8-9,11H,1-7H2;(H,3,4)(H,5,6);2*1H4;/q-2;;;;+2. The molecule has 3 unspecified atom stereocenters. The van der Waals surface area contributed by atoms with E-state index in [4.69, 9.17) is 25.5 Å². The van der Waals surface area contributed by atoms with Crippen LogP contribution in [0.3, 0.4) is 0 Å². The van der Waals surface area contributed by atoms with Crippen LogP contribution in [0.25, 0.3) is 5.73 Å². The zero-order chi connectivity index (χ0) is 13.1. The molecule has 3 atom stereocenters. The fourth-order valence-electron chi connectivity index (χ4n) is 3.05. The monoisotopic (exact) mass is 468 g/mol. The van der Waals surface area contributed by atoms with Crippen LogP contribution in [0.15, 0.2) is 0 Å². The van der Waals surface area contributed by atoms with Crippen molar-refractivity contribution in [3.63, 3.8) is 0 Å². The Hall–Kier alpha value is -0.412. The fraction of sp³-hybridized carbons (Fsp3) is 0.786. The Bertz CT molecular complexity index is 280. The third-order valence-corrected chi connectivity index (χ3v) is 4.02. The molecule has 0 radical (unpaired) electrons. The molecule has 2 fully saturated rings. The molecular formula is C14H27NO4Pt. The normalized spacial score (nSPS) is 30.1. The number of carboxylic acid groups (broad SMARTS) is 2. The second kappa shape index (κ2) is 10.3. The number of hydrogen-bond acceptors (Lipinski definition) is 2. The Morgan fingerprint density at radius 1 is 1.05 bits per heavy atom. The van der Waals surface area contributed by atoms with Crippen molar-refractivity contribution in [2.75, 3.05) is 0 Å². The van der Waals surface area contributed by atoms with Crippen LogP contribution in [0.2, 0.25) is 0 Å². The second-order valence-corrected chi connectivity index (χ2v) is 4.88. The molecule has 122 valence electrons. The van der Waals surface area contributed by atoms with Crippen LogP contribution in [-0.2, 0) is 30.7 Å². The summed E-state index contributed by atoms with van der Waals surface area (Å²) in [6.45, 7) is 4.20. The molecule has 6 heteroatoms. The number of nitrogens with one attached hydrogen (secondary N) is 1. The van der Waals surface area contributed by atoms with Gasteiger partial charge in [-0.15, -0.1) is 6.04 Å². The molecule has 0 heterocycles. The van der Waals surface area contributed by atoms with E-state index in [9.17, 15) is 0 Å². The summed E-state index contributed by atoms with van der Waals surface area (Å²) in [7, 11) is 0. The van der Waals surface area contributed by atoms with Crippen LogP contribution in [0.1, 0.15) is 53.4 Å². The first kappa shape index (κ1) is 24.6. The van der Waals surface area contributed by atoms with E-state index >= 15 is 0 Å². The average Bonchev–Trinajstić information content (AvgIpc) is 2.78. The summed E-state index contributed by atoms with van der Waals surface area (Å²) in [5.41, 5.74) is 8.33. The summed E-state index contributed by atoms with van der Waals surface area (Å²) < 4.78 is 0. The zero-order valence-corrected chi connectivity index (χ0v) is 12.4. The van der Waals surface area contributed by atoms with Gasteiger partial charge >= 0.3 is 33.0 Å². The number of rotatable bonds is 0. The molecule has 0 amide bonds. The van der Waals surface area contributed by atoms with E-state index in [-0.39, 0.29) is 42.0 Å². The van der Waals surface area contributed by atoms with E-state index in [2.05, 4.69) is 6.92 Å². The number of aliphatic carboxylic acids is 2. The summed E-state index contributed by atoms with van der Waals surface area (Å²) in [6, 6.07) is 0.215. The molecule has 2 aliphatic carbocycles. The Balaban J connectivity index is -0.000000287. The first-order valence-electron chi connectivity index (χ1n) is 5.90. The quantitative estimate of drug-likeness (QED) is 0.419. The number of hydrogen-bond donors (Lipinski definition) is 2. The summed E-state index contributed by atoms with van der Waals surface area (Å²) in [5, 5.41) is 14.8. The first-order valence-corrected chi connectivity index (χ1v) is 5.90. The molecule has 0 aliphatic heterocycles. The maximum Gasteiger partial charge on any atom is 2.00 e. The van der Waals surface area contributed by atoms with Gasteiger partial charge in [-0.2, -0.15) is 5.92 Å². The van der Waals surface area contributed by atoms with Crippen molar-refractivity contribution in [3.05, 3.63) is 12.7 Å². The van der Waals surface area contributed by atoms with Crippen molar-refractivity contribution in [2.24, 2.45) is 11.3 Å². The molecule has 20 heavy (non-hydrogen) atoms. The minimum atomic E-state index is -1.82. The Labute approximate surface area is 136 Å². The SMILES string of the molecule is C.C.O=C(O)C(=O)O.[CH2-]C1CCCC12CCCC2[NH-].[Pt+2]. The van der Waals surface area contributed by atoms with Gasteiger partial charge in [0, 0.05) is 0 Å². The van der Waals surface area contributed by atoms with Crippen molar-refractivity contribution < 1.29 is 40.9 Å². The molecule has 1 spiro atoms. The molecular weight excluding hydrogens is 441 g/mol. The number of carboxylic acids is 2. The van der Waals surface area contributed by atoms with E-state index in [1.807, 2.05) is 0 Å². The summed E-state index contributed by atoms with van der Waals surface area (Å²) in [4.78, 5) is 18.2. The van der Waals surface area contributed by atoms with Gasteiger partial charge < -0.3 is 22.9 Å². The van der Waals surface area contributed by atoms with E-state index < -0.39 is 11.9 Å². The second-order valence-electron chi connectivity index (χ2n) is 4.88. The molecule has 0 aromatic heterocycles. The largest absolute Gasteiger partial charge is 2.00 e. The molecule has 5 nitrogen and oxygen atoms in total. The van der Waals surface area contributed by atoms with Crippen molar-refractivity contribution in [3.8, 4) is 0 Å². The summed E-state index contributed by atoms with van der Waals surface area (Å²) in [6.07, 6.45) is 7.58. The smallest absolute Gasteiger partial charge is 0.674 e. The Kier molecular flexibility index (Phi) is 12.7. The van der Waals surface area contributed by atoms with E-state index in [0.29, 0.717) is 11.3 Å². The van der Waals surface area contributed by atoms with Crippen molar-refractivity contribution in [2.45, 2.75) is 59.4 Å². The summed E-state index contributed by atoms with van der Waals surface area (Å²) in [5.74, 6) is -3.06. The predicted octanol–water partition coefficient (Wildman–Crippen LogP) is 3.64. The molecule has 2 rings (SSSR count). The topological polar surface area (TPSA) is 98.4 Å². The van der Waals surface area contributed by atoms with Crippen LogP contribution in [0.5, 0.6) is 0 Å². The van der Waals surface area contributed by atoms with Gasteiger partial charge in [0.1, 0.15) is 0 Å². The van der Waals surface area contributed by atoms with Gasteiger partial charge in [0.25, 0.3) is 0 Å². The van der Waals surface area contributed by atoms with Crippen LogP contribution in [-0.4, -0.2) is 28.2 Å². The molecule has 0 saturated heterocycles. The fourth-order valence-corrected chi connectivity index (χ4v) is 3.05. The average molecular weight is 468 g/mol. The molecule has 0 aromatic carbocycles. The van der Waals surface area contributed by atoms with Gasteiger partial charge in [-0.05, 0) is 0 Å². The van der Waals surface area contributed by atoms with Crippen molar-refractivity contribution in [1.82, 2.24) is 0 Å². The molecule has 0 aromatic rings. The van der Waals surface area contributed by atoms with Crippen LogP contribution in [0, 0.1) is 18.3 Å². The maximum atomic E-state index is 9.10. The van der Waals surface area contributed by atoms with Gasteiger partial charge in [0.05, 0.1) is 0 Å². The minimum Gasteiger partial charge on any atom is -0.674 e. The zero-order valence-electron chi connectivity index (χ0n) is 10.1. The van der Waals surface area contributed by atoms with Gasteiger partial charge in [-0.1, -0.05) is 58.8 Å². The number of carbonyl (C=O) groups is 2. The van der Waals surface area contributed by atoms with Gasteiger partial charge in [0.2, 0.25) is 0 Å². The molecule has 3 N–H and O–H groups in total. The van der Waals surface area contributed by atoms with Gasteiger partial charge in [-0.25, -0.2) is 9.59 Å². The molecule has 0 bridgehead atoms. The van der Waals surface area contributed by atoms with Crippen LogP contribution >= 0.6 is 0 Å². The van der Waals surface area contributed by atoms with Crippen LogP contribution in [0.4, 0.5) is 0 Å². The molecule has 2 aliphatic rings. The summed E-state index contributed by atoms with van der Waals surface area (Å²) >= 11 is 0. The van der Waals surface area contributed by atoms with E-state index in [0.717, 1.165) is 6.42 Å². The van der Waals surface area contributed by atoms with Crippen molar-refractivity contribution in [1.29, 1.82) is 0 Å². The molecule has 2 saturated carbocycles. The van der Waals surface area contributed by atoms with Crippen LogP contribution < -0.4 is 0 Å². The Morgan fingerprint density at radius 3 is 1.70 bits per heavy atom.